The lowest BCUT2D eigenvalue weighted by atomic mass is 9.43. The molecule has 6 rings (SSSR count). The Labute approximate surface area is 163 Å². The largest absolute Gasteiger partial charge is 0.481 e. The molecule has 3 saturated carbocycles. The third-order valence-electron chi connectivity index (χ3n) is 8.50. The quantitative estimate of drug-likeness (QED) is 0.723. The van der Waals surface area contributed by atoms with Crippen molar-refractivity contribution in [2.75, 3.05) is 26.2 Å². The predicted octanol–water partition coefficient (Wildman–Crippen LogP) is 1.20. The van der Waals surface area contributed by atoms with Crippen LogP contribution in [0.15, 0.2) is 0 Å². The summed E-state index contributed by atoms with van der Waals surface area (Å²) in [5, 5.41) is 6.75. The van der Waals surface area contributed by atoms with Crippen molar-refractivity contribution in [1.29, 1.82) is 0 Å². The second-order valence-corrected chi connectivity index (χ2v) is 10.2. The maximum absolute atomic E-state index is 12.9. The second-order valence-electron chi connectivity index (χ2n) is 10.2. The Morgan fingerprint density at radius 2 is 2.15 bits per heavy atom. The van der Waals surface area contributed by atoms with Gasteiger partial charge in [-0.3, -0.25) is 4.79 Å². The lowest BCUT2D eigenvalue weighted by Crippen LogP contribution is -2.65. The Balaban J connectivity index is 1.24. The van der Waals surface area contributed by atoms with Crippen LogP contribution < -0.4 is 10.6 Å². The molecular formula is C20H34BN3O3. The number of carbonyl (C=O) groups excluding carboxylic acids is 1. The lowest BCUT2D eigenvalue weighted by Gasteiger charge is -2.64. The molecule has 1 amide bonds. The van der Waals surface area contributed by atoms with E-state index in [1.807, 2.05) is 4.90 Å². The Hall–Kier alpha value is -0.625. The maximum Gasteiger partial charge on any atom is 0.481 e. The summed E-state index contributed by atoms with van der Waals surface area (Å²) >= 11 is 0. The first-order chi connectivity index (χ1) is 12.9. The molecule has 6 fully saturated rings. The van der Waals surface area contributed by atoms with Crippen LogP contribution >= 0.6 is 0 Å². The van der Waals surface area contributed by atoms with E-state index >= 15 is 0 Å². The van der Waals surface area contributed by atoms with E-state index in [1.54, 1.807) is 0 Å². The zero-order chi connectivity index (χ0) is 18.8. The van der Waals surface area contributed by atoms with E-state index in [2.05, 4.69) is 31.4 Å². The molecule has 150 valence electrons. The zero-order valence-corrected chi connectivity index (χ0v) is 17.0. The van der Waals surface area contributed by atoms with Gasteiger partial charge in [-0.25, -0.2) is 0 Å². The van der Waals surface area contributed by atoms with Crippen LogP contribution in [0.1, 0.15) is 52.9 Å². The summed E-state index contributed by atoms with van der Waals surface area (Å²) in [7, 11) is -0.255. The molecule has 0 aromatic heterocycles. The molecule has 6 atom stereocenters. The lowest BCUT2D eigenvalue weighted by molar-refractivity contribution is -0.199. The first-order valence-corrected chi connectivity index (χ1v) is 11.0. The molecule has 3 aliphatic heterocycles. The van der Waals surface area contributed by atoms with Crippen LogP contribution in [-0.2, 0) is 14.1 Å². The average Bonchev–Trinajstić information content (AvgIpc) is 3.36. The van der Waals surface area contributed by atoms with Gasteiger partial charge >= 0.3 is 7.12 Å². The highest BCUT2D eigenvalue weighted by molar-refractivity contribution is 6.48. The highest BCUT2D eigenvalue weighted by Crippen LogP contribution is 2.65. The maximum atomic E-state index is 12.9. The van der Waals surface area contributed by atoms with Gasteiger partial charge in [-0.1, -0.05) is 13.8 Å². The molecule has 7 heteroatoms. The fourth-order valence-corrected chi connectivity index (χ4v) is 6.61. The summed E-state index contributed by atoms with van der Waals surface area (Å²) in [6.45, 7) is 10.3. The van der Waals surface area contributed by atoms with Crippen LogP contribution in [-0.4, -0.2) is 67.8 Å². The van der Waals surface area contributed by atoms with Gasteiger partial charge in [0.15, 0.2) is 0 Å². The van der Waals surface area contributed by atoms with E-state index < -0.39 is 0 Å². The molecule has 2 bridgehead atoms. The third-order valence-corrected chi connectivity index (χ3v) is 8.50. The molecule has 0 aromatic carbocycles. The van der Waals surface area contributed by atoms with Crippen molar-refractivity contribution in [2.24, 2.45) is 17.3 Å². The molecule has 3 aliphatic carbocycles. The number of hydrogen-bond donors (Lipinski definition) is 2. The fraction of sp³-hybridized carbons (Fsp3) is 0.950. The monoisotopic (exact) mass is 375 g/mol. The van der Waals surface area contributed by atoms with Crippen LogP contribution in [0, 0.1) is 17.3 Å². The SMILES string of the molecule is CC1(C)[C@@H]2C[C@H]3OB([C@@H]4CCCN4C(=O)CNC4CCNC4)O[C@@]3(C)[C@H]1C2. The molecule has 0 spiro atoms. The summed E-state index contributed by atoms with van der Waals surface area (Å²) in [4.78, 5) is 14.9. The van der Waals surface area contributed by atoms with Crippen molar-refractivity contribution in [3.63, 3.8) is 0 Å². The van der Waals surface area contributed by atoms with Gasteiger partial charge in [0.1, 0.15) is 0 Å². The van der Waals surface area contributed by atoms with Crippen LogP contribution in [0.2, 0.25) is 0 Å². The molecule has 6 aliphatic rings. The Morgan fingerprint density at radius 1 is 1.30 bits per heavy atom. The second kappa shape index (κ2) is 6.44. The number of nitrogens with zero attached hydrogens (tertiary/aromatic N) is 1. The van der Waals surface area contributed by atoms with Crippen LogP contribution in [0.3, 0.4) is 0 Å². The minimum atomic E-state index is -0.255. The van der Waals surface area contributed by atoms with Gasteiger partial charge in [0.25, 0.3) is 0 Å². The summed E-state index contributed by atoms with van der Waals surface area (Å²) in [5.74, 6) is 1.60. The van der Waals surface area contributed by atoms with Crippen LogP contribution in [0.25, 0.3) is 0 Å². The Bertz CT molecular complexity index is 611. The van der Waals surface area contributed by atoms with Gasteiger partial charge in [-0.05, 0) is 62.8 Å². The summed E-state index contributed by atoms with van der Waals surface area (Å²) in [6, 6.07) is 0.421. The van der Waals surface area contributed by atoms with Gasteiger partial charge in [0, 0.05) is 19.1 Å². The molecule has 27 heavy (non-hydrogen) atoms. The standard InChI is InChI=1S/C20H34BN3O3/c1-19(2)13-9-15(19)20(3)16(10-13)26-21(27-20)17-5-4-8-24(17)18(25)12-23-14-6-7-22-11-14/h13-17,22-23H,4-12H2,1-3H3/t13-,14?,15-,16+,17-,20-/m0/s1. The van der Waals surface area contributed by atoms with Gasteiger partial charge < -0.3 is 24.8 Å². The highest BCUT2D eigenvalue weighted by atomic mass is 16.7. The van der Waals surface area contributed by atoms with Crippen molar-refractivity contribution in [3.05, 3.63) is 0 Å². The van der Waals surface area contributed by atoms with Gasteiger partial charge in [-0.2, -0.15) is 0 Å². The van der Waals surface area contributed by atoms with Gasteiger partial charge in [0.2, 0.25) is 5.91 Å². The molecule has 0 radical (unpaired) electrons. The number of nitrogens with one attached hydrogen (secondary N) is 2. The first-order valence-electron chi connectivity index (χ1n) is 11.0. The smallest absolute Gasteiger partial charge is 0.404 e. The number of rotatable bonds is 4. The average molecular weight is 375 g/mol. The normalized spacial score (nSPS) is 45.1. The number of likely N-dealkylation sites (tertiary alicyclic amines) is 1. The van der Waals surface area contributed by atoms with E-state index in [0.717, 1.165) is 51.2 Å². The van der Waals surface area contributed by atoms with E-state index in [4.69, 9.17) is 9.31 Å². The molecule has 1 unspecified atom stereocenters. The van der Waals surface area contributed by atoms with Crippen molar-refractivity contribution in [3.8, 4) is 0 Å². The Kier molecular flexibility index (Phi) is 4.39. The zero-order valence-electron chi connectivity index (χ0n) is 17.0. The fourth-order valence-electron chi connectivity index (χ4n) is 6.61. The number of amides is 1. The van der Waals surface area contributed by atoms with Crippen molar-refractivity contribution in [1.82, 2.24) is 15.5 Å². The van der Waals surface area contributed by atoms with Crippen molar-refractivity contribution < 1.29 is 14.1 Å². The molecule has 6 nitrogen and oxygen atoms in total. The third kappa shape index (κ3) is 2.80. The van der Waals surface area contributed by atoms with Crippen molar-refractivity contribution >= 4 is 13.0 Å². The van der Waals surface area contributed by atoms with Crippen LogP contribution in [0.4, 0.5) is 0 Å². The number of carbonyl (C=O) groups is 1. The van der Waals surface area contributed by atoms with Gasteiger partial charge in [-0.15, -0.1) is 0 Å². The summed E-state index contributed by atoms with van der Waals surface area (Å²) in [6.07, 6.45) is 5.70. The van der Waals surface area contributed by atoms with E-state index in [-0.39, 0.29) is 30.7 Å². The molecule has 3 saturated heterocycles. The summed E-state index contributed by atoms with van der Waals surface area (Å²) in [5.41, 5.74) is 0.169. The van der Waals surface area contributed by atoms with E-state index in [0.29, 0.717) is 23.9 Å². The van der Waals surface area contributed by atoms with Crippen LogP contribution in [0.5, 0.6) is 0 Å². The summed E-state index contributed by atoms with van der Waals surface area (Å²) < 4.78 is 13.1. The van der Waals surface area contributed by atoms with E-state index in [1.165, 1.54) is 6.42 Å². The molecular weight excluding hydrogens is 341 g/mol. The molecule has 2 N–H and O–H groups in total. The van der Waals surface area contributed by atoms with Gasteiger partial charge in [0.05, 0.1) is 24.2 Å². The topological polar surface area (TPSA) is 62.8 Å². The number of hydrogen-bond acceptors (Lipinski definition) is 5. The minimum absolute atomic E-state index is 0.0729. The Morgan fingerprint density at radius 3 is 2.89 bits per heavy atom. The highest BCUT2D eigenvalue weighted by Gasteiger charge is 2.69. The van der Waals surface area contributed by atoms with E-state index in [9.17, 15) is 4.79 Å². The minimum Gasteiger partial charge on any atom is -0.404 e. The predicted molar refractivity (Wildman–Crippen MR) is 104 cm³/mol. The van der Waals surface area contributed by atoms with Crippen molar-refractivity contribution in [2.45, 2.75) is 76.6 Å². The molecule has 3 heterocycles. The molecule has 0 aromatic rings. The first kappa shape index (κ1) is 18.4.